The van der Waals surface area contributed by atoms with Crippen LogP contribution in [0.5, 0.6) is 0 Å². The molecule has 28 heavy (non-hydrogen) atoms. The fraction of sp³-hybridized carbons (Fsp3) is 0.318. The Morgan fingerprint density at radius 2 is 1.79 bits per heavy atom. The Bertz CT molecular complexity index is 915. The topological polar surface area (TPSA) is 71.3 Å². The first-order valence-corrected chi connectivity index (χ1v) is 9.69. The molecule has 1 aliphatic heterocycles. The van der Waals surface area contributed by atoms with Crippen molar-refractivity contribution in [1.29, 1.82) is 0 Å². The first-order chi connectivity index (χ1) is 13.7. The van der Waals surface area contributed by atoms with E-state index in [0.717, 1.165) is 24.3 Å². The molecule has 1 aromatic heterocycles. The highest BCUT2D eigenvalue weighted by molar-refractivity contribution is 5.91. The highest BCUT2D eigenvalue weighted by Gasteiger charge is 2.23. The summed E-state index contributed by atoms with van der Waals surface area (Å²) in [7, 11) is 0. The maximum atomic E-state index is 12.7. The minimum atomic E-state index is -0.272. The minimum Gasteiger partial charge on any atom is -0.425 e. The average molecular weight is 376 g/mol. The van der Waals surface area contributed by atoms with Crippen molar-refractivity contribution in [3.05, 3.63) is 71.9 Å². The molecule has 1 fully saturated rings. The Hall–Kier alpha value is -3.15. The van der Waals surface area contributed by atoms with Crippen LogP contribution in [0.25, 0.3) is 0 Å². The predicted octanol–water partition coefficient (Wildman–Crippen LogP) is 4.14. The molecule has 2 heterocycles. The van der Waals surface area contributed by atoms with E-state index in [2.05, 4.69) is 32.5 Å². The second kappa shape index (κ2) is 8.25. The number of nitrogens with one attached hydrogen (secondary N) is 1. The van der Waals surface area contributed by atoms with Crippen molar-refractivity contribution < 1.29 is 9.21 Å². The van der Waals surface area contributed by atoms with E-state index in [1.807, 2.05) is 42.5 Å². The van der Waals surface area contributed by atoms with E-state index in [4.69, 9.17) is 4.42 Å². The van der Waals surface area contributed by atoms with Crippen LogP contribution < -0.4 is 10.2 Å². The van der Waals surface area contributed by atoms with Crippen molar-refractivity contribution in [3.8, 4) is 0 Å². The number of carbonyl (C=O) groups excluding carboxylic acids is 1. The Balaban J connectivity index is 1.45. The van der Waals surface area contributed by atoms with Gasteiger partial charge in [-0.2, -0.15) is 0 Å². The molecule has 1 saturated heterocycles. The highest BCUT2D eigenvalue weighted by atomic mass is 16.4. The van der Waals surface area contributed by atoms with Gasteiger partial charge in [0.1, 0.15) is 0 Å². The van der Waals surface area contributed by atoms with Crippen molar-refractivity contribution in [1.82, 2.24) is 10.2 Å². The van der Waals surface area contributed by atoms with E-state index >= 15 is 0 Å². The second-order valence-electron chi connectivity index (χ2n) is 7.12. The molecular formula is C22H24N4O2. The van der Waals surface area contributed by atoms with Gasteiger partial charge in [-0.1, -0.05) is 30.3 Å². The Kier molecular flexibility index (Phi) is 5.37. The summed E-state index contributed by atoms with van der Waals surface area (Å²) in [5.74, 6) is 0.599. The van der Waals surface area contributed by atoms with Gasteiger partial charge in [-0.3, -0.25) is 4.79 Å². The van der Waals surface area contributed by atoms with Crippen LogP contribution in [-0.4, -0.2) is 29.2 Å². The van der Waals surface area contributed by atoms with Gasteiger partial charge >= 0.3 is 0 Å². The molecule has 0 saturated carbocycles. The van der Waals surface area contributed by atoms with Crippen LogP contribution in [0.2, 0.25) is 0 Å². The summed E-state index contributed by atoms with van der Waals surface area (Å²) in [4.78, 5) is 15.1. The lowest BCUT2D eigenvalue weighted by Crippen LogP contribution is -2.18. The molecule has 3 aromatic rings. The number of benzene rings is 2. The molecule has 0 radical (unpaired) electrons. The standard InChI is InChI=1S/C22H24N4O2/c1-16-24-25-22(28-16)20(17-7-3-2-4-8-17)15-21(27)23-18-9-11-19(12-10-18)26-13-5-6-14-26/h2-4,7-12,20H,5-6,13-15H2,1H3,(H,23,27). The molecule has 2 aromatic carbocycles. The third-order valence-corrected chi connectivity index (χ3v) is 5.05. The Labute approximate surface area is 164 Å². The summed E-state index contributed by atoms with van der Waals surface area (Å²) in [6.45, 7) is 3.96. The average Bonchev–Trinajstić information content (AvgIpc) is 3.39. The van der Waals surface area contributed by atoms with Crippen molar-refractivity contribution >= 4 is 17.3 Å². The number of carbonyl (C=O) groups is 1. The molecular weight excluding hydrogens is 352 g/mol. The van der Waals surface area contributed by atoms with Crippen molar-refractivity contribution in [2.45, 2.75) is 32.1 Å². The van der Waals surface area contributed by atoms with E-state index in [1.165, 1.54) is 18.5 Å². The molecule has 144 valence electrons. The summed E-state index contributed by atoms with van der Waals surface area (Å²) < 4.78 is 5.62. The number of hydrogen-bond donors (Lipinski definition) is 1. The number of rotatable bonds is 6. The fourth-order valence-electron chi connectivity index (χ4n) is 3.61. The van der Waals surface area contributed by atoms with E-state index in [0.29, 0.717) is 11.8 Å². The normalized spacial score (nSPS) is 14.8. The minimum absolute atomic E-state index is 0.0846. The Morgan fingerprint density at radius 1 is 1.07 bits per heavy atom. The van der Waals surface area contributed by atoms with Gasteiger partial charge in [0.25, 0.3) is 0 Å². The van der Waals surface area contributed by atoms with Crippen LogP contribution >= 0.6 is 0 Å². The van der Waals surface area contributed by atoms with Crippen LogP contribution in [0, 0.1) is 6.92 Å². The molecule has 1 N–H and O–H groups in total. The largest absolute Gasteiger partial charge is 0.425 e. The van der Waals surface area contributed by atoms with Crippen LogP contribution in [-0.2, 0) is 4.79 Å². The molecule has 1 unspecified atom stereocenters. The van der Waals surface area contributed by atoms with Gasteiger partial charge in [-0.25, -0.2) is 0 Å². The van der Waals surface area contributed by atoms with Gasteiger partial charge < -0.3 is 14.6 Å². The lowest BCUT2D eigenvalue weighted by Gasteiger charge is -2.18. The van der Waals surface area contributed by atoms with Crippen molar-refractivity contribution in [3.63, 3.8) is 0 Å². The smallest absolute Gasteiger partial charge is 0.225 e. The number of amides is 1. The maximum absolute atomic E-state index is 12.7. The summed E-state index contributed by atoms with van der Waals surface area (Å²) in [5, 5.41) is 11.0. The number of hydrogen-bond acceptors (Lipinski definition) is 5. The lowest BCUT2D eigenvalue weighted by molar-refractivity contribution is -0.116. The zero-order valence-corrected chi connectivity index (χ0v) is 16.0. The van der Waals surface area contributed by atoms with E-state index < -0.39 is 0 Å². The van der Waals surface area contributed by atoms with Crippen LogP contribution in [0.4, 0.5) is 11.4 Å². The van der Waals surface area contributed by atoms with Crippen LogP contribution in [0.1, 0.15) is 42.5 Å². The van der Waals surface area contributed by atoms with E-state index in [9.17, 15) is 4.79 Å². The van der Waals surface area contributed by atoms with Gasteiger partial charge in [0.2, 0.25) is 17.7 Å². The van der Waals surface area contributed by atoms with Crippen molar-refractivity contribution in [2.75, 3.05) is 23.3 Å². The first-order valence-electron chi connectivity index (χ1n) is 9.69. The predicted molar refractivity (Wildman–Crippen MR) is 108 cm³/mol. The summed E-state index contributed by atoms with van der Waals surface area (Å²) in [5.41, 5.74) is 2.98. The zero-order valence-electron chi connectivity index (χ0n) is 16.0. The van der Waals surface area contributed by atoms with Crippen LogP contribution in [0.15, 0.2) is 59.0 Å². The van der Waals surface area contributed by atoms with Gasteiger partial charge in [-0.15, -0.1) is 10.2 Å². The van der Waals surface area contributed by atoms with Crippen molar-refractivity contribution in [2.24, 2.45) is 0 Å². The maximum Gasteiger partial charge on any atom is 0.225 e. The first kappa shape index (κ1) is 18.2. The molecule has 1 atom stereocenters. The molecule has 1 aliphatic rings. The molecule has 0 bridgehead atoms. The third-order valence-electron chi connectivity index (χ3n) is 5.05. The van der Waals surface area contributed by atoms with Gasteiger partial charge in [0.15, 0.2) is 0 Å². The molecule has 6 nitrogen and oxygen atoms in total. The third kappa shape index (κ3) is 4.22. The Morgan fingerprint density at radius 3 is 2.43 bits per heavy atom. The summed E-state index contributed by atoms with van der Waals surface area (Å²) in [6, 6.07) is 17.8. The number of anilines is 2. The number of aromatic nitrogens is 2. The quantitative estimate of drug-likeness (QED) is 0.700. The van der Waals surface area contributed by atoms with Gasteiger partial charge in [0, 0.05) is 37.8 Å². The molecule has 1 amide bonds. The van der Waals surface area contributed by atoms with E-state index in [-0.39, 0.29) is 18.2 Å². The SMILES string of the molecule is Cc1nnc(C(CC(=O)Nc2ccc(N3CCCC3)cc2)c2ccccc2)o1. The number of nitrogens with zero attached hydrogens (tertiary/aromatic N) is 3. The molecule has 4 rings (SSSR count). The lowest BCUT2D eigenvalue weighted by atomic mass is 9.95. The summed E-state index contributed by atoms with van der Waals surface area (Å²) >= 11 is 0. The summed E-state index contributed by atoms with van der Waals surface area (Å²) in [6.07, 6.45) is 2.72. The molecule has 0 aliphatic carbocycles. The fourth-order valence-corrected chi connectivity index (χ4v) is 3.61. The zero-order chi connectivity index (χ0) is 19.3. The molecule has 6 heteroatoms. The van der Waals surface area contributed by atoms with Gasteiger partial charge in [-0.05, 0) is 42.7 Å². The van der Waals surface area contributed by atoms with Crippen LogP contribution in [0.3, 0.4) is 0 Å². The second-order valence-corrected chi connectivity index (χ2v) is 7.12. The van der Waals surface area contributed by atoms with Gasteiger partial charge in [0.05, 0.1) is 5.92 Å². The van der Waals surface area contributed by atoms with E-state index in [1.54, 1.807) is 6.92 Å². The highest BCUT2D eigenvalue weighted by Crippen LogP contribution is 2.28. The monoisotopic (exact) mass is 376 g/mol. The molecule has 0 spiro atoms. The number of aryl methyl sites for hydroxylation is 1.